The number of halogens is 1. The van der Waals surface area contributed by atoms with E-state index in [-0.39, 0.29) is 5.56 Å². The Morgan fingerprint density at radius 1 is 1.07 bits per heavy atom. The van der Waals surface area contributed by atoms with Gasteiger partial charge in [0.15, 0.2) is 0 Å². The van der Waals surface area contributed by atoms with Gasteiger partial charge in [-0.15, -0.1) is 0 Å². The summed E-state index contributed by atoms with van der Waals surface area (Å²) in [5.41, 5.74) is 0.744. The minimum absolute atomic E-state index is 0.285. The van der Waals surface area contributed by atoms with Crippen LogP contribution < -0.4 is 4.90 Å². The lowest BCUT2D eigenvalue weighted by molar-refractivity contribution is 0.0547. The molecular formula is C23H26FN3O2. The second-order valence-electron chi connectivity index (χ2n) is 8.46. The van der Waals surface area contributed by atoms with E-state index in [0.29, 0.717) is 17.0 Å². The van der Waals surface area contributed by atoms with Crippen LogP contribution in [0.4, 0.5) is 15.0 Å². The fourth-order valence-corrected chi connectivity index (χ4v) is 3.77. The highest BCUT2D eigenvalue weighted by Crippen LogP contribution is 2.32. The summed E-state index contributed by atoms with van der Waals surface area (Å²) < 4.78 is 22.1. The Hall–Kier alpha value is -2.89. The van der Waals surface area contributed by atoms with Crippen LogP contribution in [0.1, 0.15) is 40.0 Å². The van der Waals surface area contributed by atoms with Crippen LogP contribution in [0.5, 0.6) is 0 Å². The maximum atomic E-state index is 15.1. The zero-order chi connectivity index (χ0) is 20.6. The van der Waals surface area contributed by atoms with Gasteiger partial charge in [0.1, 0.15) is 11.4 Å². The van der Waals surface area contributed by atoms with Gasteiger partial charge in [0, 0.05) is 18.5 Å². The fourth-order valence-electron chi connectivity index (χ4n) is 3.77. The monoisotopic (exact) mass is 395 g/mol. The molecule has 2 aromatic heterocycles. The van der Waals surface area contributed by atoms with Crippen LogP contribution in [0.15, 0.2) is 42.5 Å². The van der Waals surface area contributed by atoms with Gasteiger partial charge in [-0.1, -0.05) is 18.2 Å². The predicted molar refractivity (Wildman–Crippen MR) is 113 cm³/mol. The Morgan fingerprint density at radius 2 is 1.79 bits per heavy atom. The van der Waals surface area contributed by atoms with E-state index < -0.39 is 17.6 Å². The Kier molecular flexibility index (Phi) is 5.03. The van der Waals surface area contributed by atoms with E-state index in [1.165, 1.54) is 11.0 Å². The zero-order valence-corrected chi connectivity index (χ0v) is 17.1. The molecule has 1 saturated heterocycles. The molecule has 29 heavy (non-hydrogen) atoms. The van der Waals surface area contributed by atoms with Crippen molar-refractivity contribution in [3.63, 3.8) is 0 Å². The Balaban J connectivity index is 1.79. The summed E-state index contributed by atoms with van der Waals surface area (Å²) in [6.45, 7) is 7.22. The molecule has 3 heterocycles. The fraction of sp³-hybridized carbons (Fsp3) is 0.391. The van der Waals surface area contributed by atoms with Gasteiger partial charge in [0.25, 0.3) is 0 Å². The molecule has 1 aliphatic heterocycles. The van der Waals surface area contributed by atoms with Crippen molar-refractivity contribution in [3.8, 4) is 11.3 Å². The molecule has 3 aromatic rings. The average Bonchev–Trinajstić information content (AvgIpc) is 3.06. The van der Waals surface area contributed by atoms with Crippen LogP contribution in [-0.2, 0) is 4.74 Å². The minimum Gasteiger partial charge on any atom is -0.443 e. The number of ether oxygens (including phenoxy) is 1. The highest BCUT2D eigenvalue weighted by molar-refractivity contribution is 5.96. The van der Waals surface area contributed by atoms with Crippen LogP contribution >= 0.6 is 0 Å². The lowest BCUT2D eigenvalue weighted by atomic mass is 10.1. The number of anilines is 1. The van der Waals surface area contributed by atoms with Gasteiger partial charge >= 0.3 is 6.09 Å². The molecule has 5 nitrogen and oxygen atoms in total. The molecule has 0 amide bonds. The molecule has 152 valence electrons. The normalized spacial score (nSPS) is 15.0. The Labute approximate surface area is 170 Å². The summed E-state index contributed by atoms with van der Waals surface area (Å²) >= 11 is 0. The van der Waals surface area contributed by atoms with Crippen molar-refractivity contribution in [1.29, 1.82) is 0 Å². The van der Waals surface area contributed by atoms with Crippen molar-refractivity contribution >= 4 is 22.8 Å². The average molecular weight is 395 g/mol. The number of carbonyl (C=O) groups is 1. The second kappa shape index (κ2) is 7.50. The number of rotatable bonds is 2. The molecule has 0 N–H and O–H groups in total. The third-order valence-corrected chi connectivity index (χ3v) is 5.08. The van der Waals surface area contributed by atoms with E-state index in [4.69, 9.17) is 4.74 Å². The molecule has 4 rings (SSSR count). The number of para-hydroxylation sites is 1. The van der Waals surface area contributed by atoms with Gasteiger partial charge in [-0.3, -0.25) is 0 Å². The van der Waals surface area contributed by atoms with Gasteiger partial charge in [-0.2, -0.15) is 4.39 Å². The quantitative estimate of drug-likeness (QED) is 0.529. The van der Waals surface area contributed by atoms with Crippen LogP contribution in [0, 0.1) is 5.95 Å². The van der Waals surface area contributed by atoms with Gasteiger partial charge in [0.05, 0.1) is 16.8 Å². The number of pyridine rings is 1. The second-order valence-corrected chi connectivity index (χ2v) is 8.46. The van der Waals surface area contributed by atoms with Gasteiger partial charge < -0.3 is 9.64 Å². The summed E-state index contributed by atoms with van der Waals surface area (Å²) in [7, 11) is 0. The standard InChI is InChI=1S/C23H26FN3O2/c1-23(2,3)29-22(28)27-18-10-6-5-9-16(18)15-19(27)17-11-12-20(25-21(17)24)26-13-7-4-8-14-26/h5-6,9-12,15H,4,7-8,13-14H2,1-3H3. The molecule has 0 saturated carbocycles. The third kappa shape index (κ3) is 3.97. The zero-order valence-electron chi connectivity index (χ0n) is 17.1. The molecule has 0 radical (unpaired) electrons. The molecule has 1 aromatic carbocycles. The lowest BCUT2D eigenvalue weighted by Crippen LogP contribution is -2.30. The van der Waals surface area contributed by atoms with E-state index >= 15 is 4.39 Å². The summed E-state index contributed by atoms with van der Waals surface area (Å²) in [5.74, 6) is 0.0616. The lowest BCUT2D eigenvalue weighted by Gasteiger charge is -2.27. The number of hydrogen-bond donors (Lipinski definition) is 0. The molecular weight excluding hydrogens is 369 g/mol. The summed E-state index contributed by atoms with van der Waals surface area (Å²) in [4.78, 5) is 19.3. The van der Waals surface area contributed by atoms with Crippen molar-refractivity contribution in [3.05, 3.63) is 48.4 Å². The number of benzene rings is 1. The van der Waals surface area contributed by atoms with Gasteiger partial charge in [0.2, 0.25) is 5.95 Å². The first-order valence-corrected chi connectivity index (χ1v) is 10.1. The molecule has 6 heteroatoms. The van der Waals surface area contributed by atoms with Gasteiger partial charge in [-0.05, 0) is 64.3 Å². The van der Waals surface area contributed by atoms with Crippen molar-refractivity contribution in [1.82, 2.24) is 9.55 Å². The van der Waals surface area contributed by atoms with Crippen LogP contribution in [0.25, 0.3) is 22.2 Å². The van der Waals surface area contributed by atoms with Crippen molar-refractivity contribution < 1.29 is 13.9 Å². The molecule has 0 bridgehead atoms. The maximum Gasteiger partial charge on any atom is 0.419 e. The molecule has 0 spiro atoms. The van der Waals surface area contributed by atoms with E-state index in [0.717, 1.165) is 31.3 Å². The van der Waals surface area contributed by atoms with Gasteiger partial charge in [-0.25, -0.2) is 14.3 Å². The summed E-state index contributed by atoms with van der Waals surface area (Å²) in [6, 6.07) is 12.8. The number of carbonyl (C=O) groups excluding carboxylic acids is 1. The topological polar surface area (TPSA) is 47.4 Å². The smallest absolute Gasteiger partial charge is 0.419 e. The molecule has 0 unspecified atom stereocenters. The largest absolute Gasteiger partial charge is 0.443 e. The first-order chi connectivity index (χ1) is 13.8. The van der Waals surface area contributed by atoms with Crippen molar-refractivity contribution in [2.45, 2.75) is 45.6 Å². The van der Waals surface area contributed by atoms with E-state index in [9.17, 15) is 4.79 Å². The number of fused-ring (bicyclic) bond motifs is 1. The highest BCUT2D eigenvalue weighted by Gasteiger charge is 2.25. The SMILES string of the molecule is CC(C)(C)OC(=O)n1c(-c2ccc(N3CCCCC3)nc2F)cc2ccccc21. The van der Waals surface area contributed by atoms with Crippen LogP contribution in [0.3, 0.4) is 0 Å². The summed E-state index contributed by atoms with van der Waals surface area (Å²) in [5, 5.41) is 0.841. The number of piperidine rings is 1. The Bertz CT molecular complexity index is 1050. The number of aromatic nitrogens is 2. The van der Waals surface area contributed by atoms with Crippen molar-refractivity contribution in [2.24, 2.45) is 0 Å². The highest BCUT2D eigenvalue weighted by atomic mass is 19.1. The first kappa shape index (κ1) is 19.4. The first-order valence-electron chi connectivity index (χ1n) is 10.1. The third-order valence-electron chi connectivity index (χ3n) is 5.08. The van der Waals surface area contributed by atoms with Crippen LogP contribution in [-0.4, -0.2) is 34.3 Å². The molecule has 0 atom stereocenters. The number of hydrogen-bond acceptors (Lipinski definition) is 4. The summed E-state index contributed by atoms with van der Waals surface area (Å²) in [6.07, 6.45) is 2.86. The molecule has 1 fully saturated rings. The maximum absolute atomic E-state index is 15.1. The predicted octanol–water partition coefficient (Wildman–Crippen LogP) is 5.62. The van der Waals surface area contributed by atoms with Crippen LogP contribution in [0.2, 0.25) is 0 Å². The Morgan fingerprint density at radius 3 is 2.48 bits per heavy atom. The van der Waals surface area contributed by atoms with E-state index in [2.05, 4.69) is 9.88 Å². The number of nitrogens with zero attached hydrogens (tertiary/aromatic N) is 3. The molecule has 0 aliphatic carbocycles. The van der Waals surface area contributed by atoms with E-state index in [1.54, 1.807) is 12.1 Å². The minimum atomic E-state index is -0.658. The molecule has 1 aliphatic rings. The van der Waals surface area contributed by atoms with Crippen molar-refractivity contribution in [2.75, 3.05) is 18.0 Å². The van der Waals surface area contributed by atoms with E-state index in [1.807, 2.05) is 51.1 Å².